The Hall–Kier alpha value is -1.55. The molecule has 3 nitrogen and oxygen atoms in total. The van der Waals surface area contributed by atoms with Crippen molar-refractivity contribution in [3.63, 3.8) is 0 Å². The fourth-order valence-corrected chi connectivity index (χ4v) is 2.17. The highest BCUT2D eigenvalue weighted by molar-refractivity contribution is 5.64. The molecule has 90 valence electrons. The van der Waals surface area contributed by atoms with Gasteiger partial charge in [0.05, 0.1) is 11.4 Å². The zero-order valence-corrected chi connectivity index (χ0v) is 9.55. The van der Waals surface area contributed by atoms with Crippen LogP contribution in [0.5, 0.6) is 5.75 Å². The normalized spacial score (nSPS) is 18.0. The van der Waals surface area contributed by atoms with Crippen LogP contribution in [0.3, 0.4) is 0 Å². The molecule has 0 unspecified atom stereocenters. The minimum atomic E-state index is -0.298. The molecule has 0 atom stereocenters. The van der Waals surface area contributed by atoms with Gasteiger partial charge in [0.1, 0.15) is 18.2 Å². The van der Waals surface area contributed by atoms with E-state index in [4.69, 9.17) is 10.5 Å². The number of benzene rings is 1. The van der Waals surface area contributed by atoms with Crippen molar-refractivity contribution in [1.29, 1.82) is 0 Å². The first-order valence-electron chi connectivity index (χ1n) is 5.91. The van der Waals surface area contributed by atoms with Crippen molar-refractivity contribution in [1.82, 2.24) is 0 Å². The Bertz CT molecular complexity index is 490. The van der Waals surface area contributed by atoms with E-state index in [0.29, 0.717) is 17.9 Å². The highest BCUT2D eigenvalue weighted by Crippen LogP contribution is 2.36. The van der Waals surface area contributed by atoms with Crippen molar-refractivity contribution in [2.75, 3.05) is 11.9 Å². The largest absolute Gasteiger partial charge is 0.485 e. The number of rotatable bonds is 1. The summed E-state index contributed by atoms with van der Waals surface area (Å²) in [6.45, 7) is 0.719. The van der Waals surface area contributed by atoms with E-state index in [9.17, 15) is 4.39 Å². The number of halogens is 1. The van der Waals surface area contributed by atoms with Gasteiger partial charge in [-0.3, -0.25) is 0 Å². The van der Waals surface area contributed by atoms with E-state index in [1.165, 1.54) is 18.1 Å². The molecule has 3 rings (SSSR count). The Labute approximate surface area is 99.5 Å². The van der Waals surface area contributed by atoms with E-state index in [0.717, 1.165) is 24.2 Å². The van der Waals surface area contributed by atoms with E-state index in [-0.39, 0.29) is 12.4 Å². The van der Waals surface area contributed by atoms with Crippen LogP contribution in [0.25, 0.3) is 0 Å². The lowest BCUT2D eigenvalue weighted by Gasteiger charge is -2.28. The molecule has 0 amide bonds. The van der Waals surface area contributed by atoms with Crippen molar-refractivity contribution >= 4 is 5.69 Å². The van der Waals surface area contributed by atoms with Gasteiger partial charge in [-0.25, -0.2) is 4.39 Å². The van der Waals surface area contributed by atoms with Crippen molar-refractivity contribution < 1.29 is 9.13 Å². The smallest absolute Gasteiger partial charge is 0.146 e. The lowest BCUT2D eigenvalue weighted by Crippen LogP contribution is -2.21. The monoisotopic (exact) mass is 234 g/mol. The van der Waals surface area contributed by atoms with Gasteiger partial charge >= 0.3 is 0 Å². The second kappa shape index (κ2) is 4.04. The molecule has 1 aliphatic carbocycles. The third-order valence-corrected chi connectivity index (χ3v) is 3.41. The van der Waals surface area contributed by atoms with Crippen LogP contribution in [-0.2, 0) is 6.54 Å². The number of anilines is 1. The van der Waals surface area contributed by atoms with Gasteiger partial charge in [0.15, 0.2) is 0 Å². The zero-order chi connectivity index (χ0) is 11.8. The van der Waals surface area contributed by atoms with Gasteiger partial charge in [-0.1, -0.05) is 0 Å². The topological polar surface area (TPSA) is 47.3 Å². The van der Waals surface area contributed by atoms with Crippen LogP contribution >= 0.6 is 0 Å². The summed E-state index contributed by atoms with van der Waals surface area (Å²) in [5.41, 5.74) is 9.40. The molecule has 4 heteroatoms. The first-order valence-corrected chi connectivity index (χ1v) is 5.91. The predicted molar refractivity (Wildman–Crippen MR) is 64.3 cm³/mol. The molecule has 17 heavy (non-hydrogen) atoms. The highest BCUT2D eigenvalue weighted by Gasteiger charge is 2.21. The van der Waals surface area contributed by atoms with Gasteiger partial charge in [0.2, 0.25) is 0 Å². The van der Waals surface area contributed by atoms with E-state index in [2.05, 4.69) is 5.32 Å². The summed E-state index contributed by atoms with van der Waals surface area (Å²) in [6.07, 6.45) is 3.54. The third-order valence-electron chi connectivity index (χ3n) is 3.41. The number of fused-ring (bicyclic) bond motifs is 1. The van der Waals surface area contributed by atoms with Gasteiger partial charge in [-0.15, -0.1) is 0 Å². The second-order valence-electron chi connectivity index (χ2n) is 4.49. The summed E-state index contributed by atoms with van der Waals surface area (Å²) in [5.74, 6) is 0.274. The van der Waals surface area contributed by atoms with Gasteiger partial charge in [-0.2, -0.15) is 0 Å². The minimum Gasteiger partial charge on any atom is -0.485 e. The van der Waals surface area contributed by atoms with Gasteiger partial charge in [0, 0.05) is 18.2 Å². The van der Waals surface area contributed by atoms with E-state index in [1.54, 1.807) is 6.07 Å². The van der Waals surface area contributed by atoms with Crippen molar-refractivity contribution in [3.8, 4) is 5.75 Å². The SMILES string of the molecule is NCc1cc2c(cc1F)OCC(=C1CCC1)N2. The molecule has 1 aliphatic heterocycles. The summed E-state index contributed by atoms with van der Waals surface area (Å²) in [4.78, 5) is 0. The number of allylic oxidation sites excluding steroid dienone is 1. The molecule has 1 heterocycles. The third kappa shape index (κ3) is 1.78. The number of nitrogens with one attached hydrogen (secondary N) is 1. The number of nitrogens with two attached hydrogens (primary N) is 1. The number of hydrogen-bond donors (Lipinski definition) is 2. The molecular formula is C13H15FN2O. The summed E-state index contributed by atoms with van der Waals surface area (Å²) in [6, 6.07) is 3.15. The summed E-state index contributed by atoms with van der Waals surface area (Å²) < 4.78 is 19.1. The zero-order valence-electron chi connectivity index (χ0n) is 9.55. The fraction of sp³-hybridized carbons (Fsp3) is 0.385. The van der Waals surface area contributed by atoms with Crippen LogP contribution in [0, 0.1) is 5.82 Å². The highest BCUT2D eigenvalue weighted by atomic mass is 19.1. The summed E-state index contributed by atoms with van der Waals surface area (Å²) >= 11 is 0. The van der Waals surface area contributed by atoms with E-state index >= 15 is 0 Å². The number of ether oxygens (including phenoxy) is 1. The van der Waals surface area contributed by atoms with E-state index < -0.39 is 0 Å². The molecule has 3 N–H and O–H groups in total. The summed E-state index contributed by atoms with van der Waals surface area (Å²) in [7, 11) is 0. The molecular weight excluding hydrogens is 219 g/mol. The van der Waals surface area contributed by atoms with Gasteiger partial charge < -0.3 is 15.8 Å². The maximum absolute atomic E-state index is 13.5. The maximum Gasteiger partial charge on any atom is 0.146 e. The Balaban J connectivity index is 1.96. The standard InChI is InChI=1S/C13H15FN2O/c14-10-5-13-11(4-9(10)6-15)16-12(7-17-13)8-2-1-3-8/h4-5,16H,1-3,6-7,15H2. The van der Waals surface area contributed by atoms with E-state index in [1.807, 2.05) is 0 Å². The predicted octanol–water partition coefficient (Wildman–Crippen LogP) is 2.53. The van der Waals surface area contributed by atoms with Crippen LogP contribution < -0.4 is 15.8 Å². The first kappa shape index (κ1) is 10.6. The van der Waals surface area contributed by atoms with Crippen LogP contribution in [0.15, 0.2) is 23.4 Å². The Morgan fingerprint density at radius 3 is 2.82 bits per heavy atom. The van der Waals surface area contributed by atoms with Crippen LogP contribution in [0.4, 0.5) is 10.1 Å². The molecule has 0 bridgehead atoms. The molecule has 0 spiro atoms. The quantitative estimate of drug-likeness (QED) is 0.785. The lowest BCUT2D eigenvalue weighted by molar-refractivity contribution is 0.339. The van der Waals surface area contributed by atoms with Crippen LogP contribution in [0.2, 0.25) is 0 Å². The minimum absolute atomic E-state index is 0.201. The van der Waals surface area contributed by atoms with Crippen molar-refractivity contribution in [2.45, 2.75) is 25.8 Å². The molecule has 0 radical (unpaired) electrons. The maximum atomic E-state index is 13.5. The Morgan fingerprint density at radius 2 is 2.18 bits per heavy atom. The van der Waals surface area contributed by atoms with Gasteiger partial charge in [-0.05, 0) is 30.9 Å². The Kier molecular flexibility index (Phi) is 2.52. The lowest BCUT2D eigenvalue weighted by atomic mass is 9.90. The molecule has 1 aromatic carbocycles. The number of hydrogen-bond acceptors (Lipinski definition) is 3. The molecule has 1 aromatic rings. The Morgan fingerprint density at radius 1 is 1.35 bits per heavy atom. The first-order chi connectivity index (χ1) is 8.28. The second-order valence-corrected chi connectivity index (χ2v) is 4.49. The van der Waals surface area contributed by atoms with Gasteiger partial charge in [0.25, 0.3) is 0 Å². The molecule has 1 saturated carbocycles. The van der Waals surface area contributed by atoms with Crippen LogP contribution in [0.1, 0.15) is 24.8 Å². The average Bonchev–Trinajstić information content (AvgIpc) is 2.26. The molecule has 0 aromatic heterocycles. The van der Waals surface area contributed by atoms with Crippen molar-refractivity contribution in [3.05, 3.63) is 34.8 Å². The molecule has 1 fully saturated rings. The fourth-order valence-electron chi connectivity index (χ4n) is 2.17. The molecule has 0 saturated heterocycles. The van der Waals surface area contributed by atoms with Crippen molar-refractivity contribution in [2.24, 2.45) is 5.73 Å². The van der Waals surface area contributed by atoms with Crippen LogP contribution in [-0.4, -0.2) is 6.61 Å². The summed E-state index contributed by atoms with van der Waals surface area (Å²) in [5, 5.41) is 3.33. The average molecular weight is 234 g/mol. The molecule has 2 aliphatic rings.